The van der Waals surface area contributed by atoms with Crippen molar-refractivity contribution < 1.29 is 14.3 Å². The van der Waals surface area contributed by atoms with Crippen molar-refractivity contribution in [1.29, 1.82) is 0 Å². The van der Waals surface area contributed by atoms with Crippen LogP contribution in [0.4, 0.5) is 4.79 Å². The second-order valence-corrected chi connectivity index (χ2v) is 6.29. The summed E-state index contributed by atoms with van der Waals surface area (Å²) < 4.78 is 5.38. The van der Waals surface area contributed by atoms with E-state index >= 15 is 0 Å². The Bertz CT molecular complexity index is 339. The first-order valence-corrected chi connectivity index (χ1v) is 7.27. The van der Waals surface area contributed by atoms with E-state index in [1.54, 1.807) is 4.90 Å². The van der Waals surface area contributed by atoms with Crippen molar-refractivity contribution in [2.24, 2.45) is 5.73 Å². The van der Waals surface area contributed by atoms with Crippen molar-refractivity contribution in [3.8, 4) is 0 Å². The van der Waals surface area contributed by atoms with E-state index in [4.69, 9.17) is 10.5 Å². The molecular formula is C14H27N3O3. The van der Waals surface area contributed by atoms with Gasteiger partial charge in [-0.2, -0.15) is 0 Å². The Morgan fingerprint density at radius 1 is 1.40 bits per heavy atom. The topological polar surface area (TPSA) is 84.7 Å². The molecular weight excluding hydrogens is 258 g/mol. The Hall–Kier alpha value is -1.30. The van der Waals surface area contributed by atoms with Gasteiger partial charge in [0, 0.05) is 25.6 Å². The van der Waals surface area contributed by atoms with Crippen LogP contribution in [0, 0.1) is 0 Å². The maximum Gasteiger partial charge on any atom is 0.410 e. The molecule has 0 aromatic heterocycles. The lowest BCUT2D eigenvalue weighted by atomic mass is 10.1. The van der Waals surface area contributed by atoms with Crippen molar-refractivity contribution in [3.63, 3.8) is 0 Å². The minimum absolute atomic E-state index is 0.249. The van der Waals surface area contributed by atoms with Gasteiger partial charge in [-0.3, -0.25) is 4.79 Å². The molecule has 1 fully saturated rings. The smallest absolute Gasteiger partial charge is 0.410 e. The molecule has 0 aromatic carbocycles. The molecule has 0 radical (unpaired) electrons. The molecule has 2 amide bonds. The number of piperidine rings is 1. The average Bonchev–Trinajstić information content (AvgIpc) is 2.33. The molecule has 3 N–H and O–H groups in total. The highest BCUT2D eigenvalue weighted by atomic mass is 16.6. The Morgan fingerprint density at radius 2 is 2.10 bits per heavy atom. The Morgan fingerprint density at radius 3 is 2.70 bits per heavy atom. The van der Waals surface area contributed by atoms with Crippen LogP contribution >= 0.6 is 0 Å². The zero-order valence-electron chi connectivity index (χ0n) is 12.8. The number of rotatable bonds is 5. The molecule has 20 heavy (non-hydrogen) atoms. The van der Waals surface area contributed by atoms with Crippen molar-refractivity contribution in [2.45, 2.75) is 58.1 Å². The summed E-state index contributed by atoms with van der Waals surface area (Å²) in [4.78, 5) is 24.4. The van der Waals surface area contributed by atoms with Crippen LogP contribution in [0.25, 0.3) is 0 Å². The standard InChI is InChI=1S/C14H27N3O3/c1-14(2,3)20-13(19)17-9-5-6-11(10-17)16-8-4-7-12(15)18/h11,16H,4-10H2,1-3H3,(H2,15,18). The summed E-state index contributed by atoms with van der Waals surface area (Å²) in [6.45, 7) is 7.76. The van der Waals surface area contributed by atoms with Gasteiger partial charge in [-0.25, -0.2) is 4.79 Å². The fourth-order valence-electron chi connectivity index (χ4n) is 2.20. The lowest BCUT2D eigenvalue weighted by Crippen LogP contribution is -2.49. The molecule has 1 heterocycles. The zero-order valence-corrected chi connectivity index (χ0v) is 12.8. The van der Waals surface area contributed by atoms with Crippen molar-refractivity contribution in [2.75, 3.05) is 19.6 Å². The van der Waals surface area contributed by atoms with Gasteiger partial charge in [-0.1, -0.05) is 0 Å². The number of carbonyl (C=O) groups is 2. The van der Waals surface area contributed by atoms with E-state index < -0.39 is 5.60 Å². The first-order chi connectivity index (χ1) is 9.28. The van der Waals surface area contributed by atoms with Crippen LogP contribution < -0.4 is 11.1 Å². The molecule has 0 aromatic rings. The molecule has 1 rings (SSSR count). The number of ether oxygens (including phenoxy) is 1. The van der Waals surface area contributed by atoms with Crippen LogP contribution in [0.3, 0.4) is 0 Å². The lowest BCUT2D eigenvalue weighted by Gasteiger charge is -2.34. The fourth-order valence-corrected chi connectivity index (χ4v) is 2.20. The quantitative estimate of drug-likeness (QED) is 0.744. The molecule has 0 aliphatic carbocycles. The molecule has 1 atom stereocenters. The Balaban J connectivity index is 2.31. The first kappa shape index (κ1) is 16.8. The van der Waals surface area contributed by atoms with Crippen LogP contribution in [0.15, 0.2) is 0 Å². The van der Waals surface area contributed by atoms with Gasteiger partial charge in [0.25, 0.3) is 0 Å². The van der Waals surface area contributed by atoms with Gasteiger partial charge in [-0.05, 0) is 46.6 Å². The van der Waals surface area contributed by atoms with Gasteiger partial charge in [0.1, 0.15) is 5.60 Å². The highest BCUT2D eigenvalue weighted by Crippen LogP contribution is 2.15. The average molecular weight is 285 g/mol. The summed E-state index contributed by atoms with van der Waals surface area (Å²) in [5.74, 6) is -0.272. The maximum atomic E-state index is 12.0. The van der Waals surface area contributed by atoms with Crippen molar-refractivity contribution >= 4 is 12.0 Å². The van der Waals surface area contributed by atoms with E-state index in [2.05, 4.69) is 5.32 Å². The van der Waals surface area contributed by atoms with Crippen LogP contribution in [0.1, 0.15) is 46.5 Å². The molecule has 1 aliphatic rings. The second-order valence-electron chi connectivity index (χ2n) is 6.29. The molecule has 116 valence electrons. The van der Waals surface area contributed by atoms with Gasteiger partial charge in [0.15, 0.2) is 0 Å². The third-order valence-corrected chi connectivity index (χ3v) is 3.11. The van der Waals surface area contributed by atoms with Gasteiger partial charge < -0.3 is 20.7 Å². The summed E-state index contributed by atoms with van der Waals surface area (Å²) in [7, 11) is 0. The number of amides is 2. The molecule has 0 bridgehead atoms. The minimum Gasteiger partial charge on any atom is -0.444 e. The van der Waals surface area contributed by atoms with E-state index in [-0.39, 0.29) is 18.0 Å². The monoisotopic (exact) mass is 285 g/mol. The maximum absolute atomic E-state index is 12.0. The number of primary amides is 1. The lowest BCUT2D eigenvalue weighted by molar-refractivity contribution is -0.118. The normalized spacial score (nSPS) is 19.8. The third-order valence-electron chi connectivity index (χ3n) is 3.11. The summed E-state index contributed by atoms with van der Waals surface area (Å²) in [6.07, 6.45) is 2.89. The van der Waals surface area contributed by atoms with Gasteiger partial charge in [0.05, 0.1) is 0 Å². The van der Waals surface area contributed by atoms with E-state index in [0.29, 0.717) is 13.0 Å². The predicted octanol–water partition coefficient (Wildman–Crippen LogP) is 1.24. The van der Waals surface area contributed by atoms with E-state index in [1.807, 2.05) is 20.8 Å². The molecule has 0 saturated carbocycles. The van der Waals surface area contributed by atoms with Crippen molar-refractivity contribution in [3.05, 3.63) is 0 Å². The van der Waals surface area contributed by atoms with Gasteiger partial charge >= 0.3 is 6.09 Å². The van der Waals surface area contributed by atoms with Crippen molar-refractivity contribution in [1.82, 2.24) is 10.2 Å². The Kier molecular flexibility index (Phi) is 6.26. The van der Waals surface area contributed by atoms with Gasteiger partial charge in [0.2, 0.25) is 5.91 Å². The van der Waals surface area contributed by atoms with Crippen LogP contribution in [-0.4, -0.2) is 48.2 Å². The number of likely N-dealkylation sites (tertiary alicyclic amines) is 1. The zero-order chi connectivity index (χ0) is 15.2. The number of nitrogens with one attached hydrogen (secondary N) is 1. The predicted molar refractivity (Wildman–Crippen MR) is 77.3 cm³/mol. The third kappa shape index (κ3) is 6.75. The highest BCUT2D eigenvalue weighted by Gasteiger charge is 2.27. The summed E-state index contributed by atoms with van der Waals surface area (Å²) in [5, 5.41) is 3.37. The Labute approximate surface area is 121 Å². The van der Waals surface area contributed by atoms with Crippen LogP contribution in [-0.2, 0) is 9.53 Å². The highest BCUT2D eigenvalue weighted by molar-refractivity contribution is 5.73. The second kappa shape index (κ2) is 7.47. The summed E-state index contributed by atoms with van der Waals surface area (Å²) in [5.41, 5.74) is 4.64. The van der Waals surface area contributed by atoms with Gasteiger partial charge in [-0.15, -0.1) is 0 Å². The van der Waals surface area contributed by atoms with E-state index in [9.17, 15) is 9.59 Å². The number of nitrogens with zero attached hydrogens (tertiary/aromatic N) is 1. The molecule has 1 saturated heterocycles. The number of carbonyl (C=O) groups excluding carboxylic acids is 2. The SMILES string of the molecule is CC(C)(C)OC(=O)N1CCCC(NCCCC(N)=O)C1. The number of hydrogen-bond acceptors (Lipinski definition) is 4. The molecule has 0 spiro atoms. The molecule has 6 nitrogen and oxygen atoms in total. The minimum atomic E-state index is -0.459. The van der Waals surface area contributed by atoms with E-state index in [1.165, 1.54) is 0 Å². The van der Waals surface area contributed by atoms with Crippen LogP contribution in [0.2, 0.25) is 0 Å². The largest absolute Gasteiger partial charge is 0.444 e. The summed E-state index contributed by atoms with van der Waals surface area (Å²) >= 11 is 0. The first-order valence-electron chi connectivity index (χ1n) is 7.27. The molecule has 6 heteroatoms. The fraction of sp³-hybridized carbons (Fsp3) is 0.857. The molecule has 1 aliphatic heterocycles. The number of hydrogen-bond donors (Lipinski definition) is 2. The molecule has 1 unspecified atom stereocenters. The van der Waals surface area contributed by atoms with Crippen LogP contribution in [0.5, 0.6) is 0 Å². The number of nitrogens with two attached hydrogens (primary N) is 1. The summed E-state index contributed by atoms with van der Waals surface area (Å²) in [6, 6.07) is 0.268. The van der Waals surface area contributed by atoms with E-state index in [0.717, 1.165) is 32.4 Å².